The van der Waals surface area contributed by atoms with Crippen molar-refractivity contribution in [2.45, 2.75) is 6.18 Å². The molecule has 0 bridgehead atoms. The molecule has 0 saturated heterocycles. The molecule has 3 nitrogen and oxygen atoms in total. The van der Waals surface area contributed by atoms with Gasteiger partial charge < -0.3 is 10.1 Å². The van der Waals surface area contributed by atoms with E-state index in [1.54, 1.807) is 6.07 Å². The van der Waals surface area contributed by atoms with E-state index in [1.165, 1.54) is 18.2 Å². The van der Waals surface area contributed by atoms with Crippen LogP contribution in [0.1, 0.15) is 15.9 Å². The average Bonchev–Trinajstić information content (AvgIpc) is 2.73. The number of hydrogen-bond donors (Lipinski definition) is 2. The Morgan fingerprint density at radius 3 is 2.48 bits per heavy atom. The summed E-state index contributed by atoms with van der Waals surface area (Å²) < 4.78 is 40.0. The highest BCUT2D eigenvalue weighted by Crippen LogP contribution is 2.41. The van der Waals surface area contributed by atoms with Gasteiger partial charge in [0.2, 0.25) is 0 Å². The maximum Gasteiger partial charge on any atom is 0.417 e. The van der Waals surface area contributed by atoms with E-state index in [0.717, 1.165) is 6.07 Å². The fourth-order valence-corrected chi connectivity index (χ4v) is 2.91. The van der Waals surface area contributed by atoms with Crippen molar-refractivity contribution in [1.82, 2.24) is 4.98 Å². The molecule has 21 heavy (non-hydrogen) atoms. The topological polar surface area (TPSA) is 53.1 Å². The van der Waals surface area contributed by atoms with Crippen LogP contribution in [0.2, 0.25) is 0 Å². The molecular weight excluding hydrogens is 351 g/mol. The number of benzene rings is 2. The van der Waals surface area contributed by atoms with Crippen molar-refractivity contribution >= 4 is 43.7 Å². The average molecular weight is 358 g/mol. The van der Waals surface area contributed by atoms with Gasteiger partial charge in [0.15, 0.2) is 0 Å². The maximum absolute atomic E-state index is 13.3. The van der Waals surface area contributed by atoms with Gasteiger partial charge in [-0.2, -0.15) is 13.2 Å². The first kappa shape index (κ1) is 13.9. The Kier molecular flexibility index (Phi) is 2.98. The van der Waals surface area contributed by atoms with Crippen LogP contribution in [0.5, 0.6) is 0 Å². The van der Waals surface area contributed by atoms with Crippen molar-refractivity contribution in [3.05, 3.63) is 45.9 Å². The zero-order valence-corrected chi connectivity index (χ0v) is 11.8. The van der Waals surface area contributed by atoms with Gasteiger partial charge >= 0.3 is 12.1 Å². The fourth-order valence-electron chi connectivity index (χ4n) is 2.45. The highest BCUT2D eigenvalue weighted by atomic mass is 79.9. The highest BCUT2D eigenvalue weighted by Gasteiger charge is 2.34. The minimum Gasteiger partial charge on any atom is -0.478 e. The van der Waals surface area contributed by atoms with Crippen molar-refractivity contribution in [2.24, 2.45) is 0 Å². The van der Waals surface area contributed by atoms with Crippen molar-refractivity contribution < 1.29 is 23.1 Å². The molecule has 0 saturated carbocycles. The first-order chi connectivity index (χ1) is 9.79. The summed E-state index contributed by atoms with van der Waals surface area (Å²) in [6, 6.07) is 6.78. The van der Waals surface area contributed by atoms with Crippen LogP contribution in [0.25, 0.3) is 21.8 Å². The zero-order chi connectivity index (χ0) is 15.4. The molecule has 0 spiro atoms. The van der Waals surface area contributed by atoms with Crippen LogP contribution in [0.4, 0.5) is 13.2 Å². The first-order valence-electron chi connectivity index (χ1n) is 5.83. The first-order valence-corrected chi connectivity index (χ1v) is 6.63. The van der Waals surface area contributed by atoms with Crippen LogP contribution < -0.4 is 0 Å². The second kappa shape index (κ2) is 4.49. The number of aromatic nitrogens is 1. The number of nitrogens with one attached hydrogen (secondary N) is 1. The van der Waals surface area contributed by atoms with Gasteiger partial charge in [-0.05, 0) is 24.3 Å². The van der Waals surface area contributed by atoms with Crippen LogP contribution in [0.15, 0.2) is 34.8 Å². The molecule has 0 aliphatic carbocycles. The van der Waals surface area contributed by atoms with Gasteiger partial charge in [-0.3, -0.25) is 0 Å². The molecule has 0 aliphatic heterocycles. The lowest BCUT2D eigenvalue weighted by molar-refractivity contribution is -0.136. The molecule has 108 valence electrons. The molecule has 3 aromatic rings. The predicted octanol–water partition coefficient (Wildman–Crippen LogP) is 4.80. The second-order valence-corrected chi connectivity index (χ2v) is 5.45. The van der Waals surface area contributed by atoms with Gasteiger partial charge in [-0.15, -0.1) is 0 Å². The Bertz CT molecular complexity index is 883. The summed E-state index contributed by atoms with van der Waals surface area (Å²) >= 11 is 3.04. The predicted molar refractivity (Wildman–Crippen MR) is 75.5 cm³/mol. The lowest BCUT2D eigenvalue weighted by Gasteiger charge is -2.10. The summed E-state index contributed by atoms with van der Waals surface area (Å²) in [5.74, 6) is -1.27. The van der Waals surface area contributed by atoms with E-state index >= 15 is 0 Å². The van der Waals surface area contributed by atoms with E-state index in [-0.39, 0.29) is 26.3 Å². The molecule has 0 unspecified atom stereocenters. The molecule has 3 rings (SSSR count). The Balaban J connectivity index is 2.59. The third kappa shape index (κ3) is 2.17. The van der Waals surface area contributed by atoms with E-state index in [0.29, 0.717) is 5.52 Å². The summed E-state index contributed by atoms with van der Waals surface area (Å²) in [4.78, 5) is 14.1. The largest absolute Gasteiger partial charge is 0.478 e. The normalized spacial score (nSPS) is 12.2. The van der Waals surface area contributed by atoms with Gasteiger partial charge in [0.25, 0.3) is 0 Å². The third-order valence-electron chi connectivity index (χ3n) is 3.22. The van der Waals surface area contributed by atoms with Gasteiger partial charge in [0.1, 0.15) is 0 Å². The lowest BCUT2D eigenvalue weighted by atomic mass is 10.0. The molecule has 2 aromatic carbocycles. The summed E-state index contributed by atoms with van der Waals surface area (Å²) in [6.07, 6.45) is -4.58. The smallest absolute Gasteiger partial charge is 0.417 e. The number of aromatic carboxylic acids is 1. The molecule has 0 aliphatic rings. The molecule has 0 radical (unpaired) electrons. The van der Waals surface area contributed by atoms with Crippen molar-refractivity contribution in [3.8, 4) is 0 Å². The minimum atomic E-state index is -4.58. The number of alkyl halides is 3. The molecule has 0 atom stereocenters. The van der Waals surface area contributed by atoms with Gasteiger partial charge in [-0.25, -0.2) is 4.79 Å². The molecule has 1 aromatic heterocycles. The Hall–Kier alpha value is -2.02. The van der Waals surface area contributed by atoms with E-state index < -0.39 is 17.7 Å². The second-order valence-electron chi connectivity index (χ2n) is 4.53. The number of aromatic amines is 1. The number of H-pyrrole nitrogens is 1. The number of carbonyl (C=O) groups is 1. The quantitative estimate of drug-likeness (QED) is 0.657. The van der Waals surface area contributed by atoms with E-state index in [1.807, 2.05) is 0 Å². The van der Waals surface area contributed by atoms with Crippen LogP contribution >= 0.6 is 15.9 Å². The maximum atomic E-state index is 13.3. The van der Waals surface area contributed by atoms with Crippen LogP contribution in [0.3, 0.4) is 0 Å². The van der Waals surface area contributed by atoms with Gasteiger partial charge in [0, 0.05) is 26.3 Å². The van der Waals surface area contributed by atoms with Gasteiger partial charge in [-0.1, -0.05) is 22.0 Å². The molecule has 1 heterocycles. The number of carboxylic acid groups (broad SMARTS) is 1. The summed E-state index contributed by atoms with van der Waals surface area (Å²) in [6.45, 7) is 0. The summed E-state index contributed by atoms with van der Waals surface area (Å²) in [5.41, 5.74) is -0.438. The number of hydrogen-bond acceptors (Lipinski definition) is 1. The van der Waals surface area contributed by atoms with E-state index in [2.05, 4.69) is 20.9 Å². The summed E-state index contributed by atoms with van der Waals surface area (Å²) in [5, 5.41) is 9.15. The Morgan fingerprint density at radius 2 is 1.86 bits per heavy atom. The molecule has 0 amide bonds. The van der Waals surface area contributed by atoms with Crippen LogP contribution in [-0.2, 0) is 6.18 Å². The molecule has 2 N–H and O–H groups in total. The van der Waals surface area contributed by atoms with E-state index in [9.17, 15) is 23.1 Å². The number of rotatable bonds is 1. The zero-order valence-electron chi connectivity index (χ0n) is 10.3. The van der Waals surface area contributed by atoms with Crippen molar-refractivity contribution in [1.29, 1.82) is 0 Å². The van der Waals surface area contributed by atoms with Crippen LogP contribution in [0, 0.1) is 0 Å². The number of halogens is 4. The third-order valence-corrected chi connectivity index (χ3v) is 3.68. The summed E-state index contributed by atoms with van der Waals surface area (Å²) in [7, 11) is 0. The number of carboxylic acids is 1. The monoisotopic (exact) mass is 357 g/mol. The minimum absolute atomic E-state index is 0.0693. The SMILES string of the molecule is O=C(O)c1cccc2[nH]c3cc(Br)cc(C(F)(F)F)c3c12. The Labute approximate surface area is 124 Å². The lowest BCUT2D eigenvalue weighted by Crippen LogP contribution is -2.06. The van der Waals surface area contributed by atoms with E-state index in [4.69, 9.17) is 0 Å². The van der Waals surface area contributed by atoms with Crippen molar-refractivity contribution in [2.75, 3.05) is 0 Å². The standard InChI is InChI=1S/C14H7BrF3NO2/c15-6-4-8(14(16,17)18)12-10(5-6)19-9-3-1-2-7(11(9)12)13(20)21/h1-5,19H,(H,20,21). The van der Waals surface area contributed by atoms with Crippen molar-refractivity contribution in [3.63, 3.8) is 0 Å². The number of fused-ring (bicyclic) bond motifs is 3. The Morgan fingerprint density at radius 1 is 1.14 bits per heavy atom. The molecular formula is C14H7BrF3NO2. The highest BCUT2D eigenvalue weighted by molar-refractivity contribution is 9.10. The van der Waals surface area contributed by atoms with Crippen LogP contribution in [-0.4, -0.2) is 16.1 Å². The molecule has 0 fully saturated rings. The molecule has 7 heteroatoms. The van der Waals surface area contributed by atoms with Gasteiger partial charge in [0.05, 0.1) is 11.1 Å². The fraction of sp³-hybridized carbons (Fsp3) is 0.0714.